The number of aromatic nitrogens is 3. The van der Waals surface area contributed by atoms with Crippen LogP contribution in [0.25, 0.3) is 0 Å². The third-order valence-corrected chi connectivity index (χ3v) is 5.41. The highest BCUT2D eigenvalue weighted by Crippen LogP contribution is 2.19. The molecule has 0 atom stereocenters. The molecule has 2 amide bonds. The van der Waals surface area contributed by atoms with Gasteiger partial charge in [-0.2, -0.15) is 0 Å². The topological polar surface area (TPSA) is 88.9 Å². The summed E-state index contributed by atoms with van der Waals surface area (Å²) >= 11 is 1.30. The Morgan fingerprint density at radius 2 is 1.77 bits per heavy atom. The molecule has 0 fully saturated rings. The van der Waals surface area contributed by atoms with Crippen molar-refractivity contribution in [3.05, 3.63) is 65.7 Å². The Morgan fingerprint density at radius 1 is 1.03 bits per heavy atom. The van der Waals surface area contributed by atoms with Gasteiger partial charge in [0.05, 0.1) is 5.75 Å². The number of aryl methyl sites for hydroxylation is 2. The number of amides is 2. The van der Waals surface area contributed by atoms with Crippen molar-refractivity contribution >= 4 is 35.0 Å². The van der Waals surface area contributed by atoms with Crippen molar-refractivity contribution < 1.29 is 14.0 Å². The fourth-order valence-corrected chi connectivity index (χ4v) is 3.78. The number of thioether (sulfide) groups is 1. The van der Waals surface area contributed by atoms with Crippen LogP contribution in [0.3, 0.4) is 0 Å². The first kappa shape index (κ1) is 22.5. The molecule has 0 spiro atoms. The van der Waals surface area contributed by atoms with E-state index in [2.05, 4.69) is 20.8 Å². The second-order valence-corrected chi connectivity index (χ2v) is 7.85. The number of hydrogen-bond acceptors (Lipinski definition) is 5. The number of rotatable bonds is 9. The van der Waals surface area contributed by atoms with Gasteiger partial charge in [0.15, 0.2) is 5.16 Å². The monoisotopic (exact) mass is 441 g/mol. The third kappa shape index (κ3) is 6.65. The Bertz CT molecular complexity index is 1050. The lowest BCUT2D eigenvalue weighted by molar-refractivity contribution is -0.116. The third-order valence-electron chi connectivity index (χ3n) is 4.45. The van der Waals surface area contributed by atoms with Gasteiger partial charge >= 0.3 is 0 Å². The van der Waals surface area contributed by atoms with Crippen molar-refractivity contribution in [1.29, 1.82) is 0 Å². The number of nitrogens with zero attached hydrogens (tertiary/aromatic N) is 3. The van der Waals surface area contributed by atoms with E-state index in [1.54, 1.807) is 0 Å². The highest BCUT2D eigenvalue weighted by molar-refractivity contribution is 7.99. The van der Waals surface area contributed by atoms with Crippen molar-refractivity contribution in [2.45, 2.75) is 38.4 Å². The van der Waals surface area contributed by atoms with Crippen LogP contribution in [0.15, 0.2) is 53.7 Å². The van der Waals surface area contributed by atoms with E-state index in [0.717, 1.165) is 11.3 Å². The molecule has 2 N–H and O–H groups in total. The minimum absolute atomic E-state index is 0.124. The molecule has 3 aromatic rings. The summed E-state index contributed by atoms with van der Waals surface area (Å²) in [4.78, 5) is 24.4. The van der Waals surface area contributed by atoms with E-state index in [4.69, 9.17) is 0 Å². The number of nitrogens with one attached hydrogen (secondary N) is 2. The van der Waals surface area contributed by atoms with Gasteiger partial charge in [-0.25, -0.2) is 4.39 Å². The average Bonchev–Trinajstić information content (AvgIpc) is 3.14. The standard InChI is InChI=1S/C22H24FN5O2S/c1-3-28-19(11-12-20(29)24-17-9-7-16(23)8-10-17)26-27-22(28)31-14-21(30)25-18-6-4-5-15(2)13-18/h4-10,13H,3,11-12,14H2,1-2H3,(H,24,29)(H,25,30). The van der Waals surface area contributed by atoms with Crippen LogP contribution in [0.1, 0.15) is 24.7 Å². The van der Waals surface area contributed by atoms with Crippen molar-refractivity contribution in [1.82, 2.24) is 14.8 Å². The van der Waals surface area contributed by atoms with Crippen molar-refractivity contribution in [2.75, 3.05) is 16.4 Å². The first-order chi connectivity index (χ1) is 14.9. The predicted molar refractivity (Wildman–Crippen MR) is 120 cm³/mol. The number of halogens is 1. The molecule has 2 aromatic carbocycles. The molecule has 3 rings (SSSR count). The van der Waals surface area contributed by atoms with Gasteiger partial charge in [0, 0.05) is 30.8 Å². The summed E-state index contributed by atoms with van der Waals surface area (Å²) in [5.74, 6) is 0.215. The van der Waals surface area contributed by atoms with Crippen LogP contribution in [0.4, 0.5) is 15.8 Å². The van der Waals surface area contributed by atoms with Gasteiger partial charge in [0.25, 0.3) is 0 Å². The zero-order chi connectivity index (χ0) is 22.2. The fraction of sp³-hybridized carbons (Fsp3) is 0.273. The van der Waals surface area contributed by atoms with E-state index in [1.165, 1.54) is 36.0 Å². The molecule has 9 heteroatoms. The lowest BCUT2D eigenvalue weighted by Gasteiger charge is -2.08. The van der Waals surface area contributed by atoms with Gasteiger partial charge in [-0.05, 0) is 55.8 Å². The molecule has 7 nitrogen and oxygen atoms in total. The van der Waals surface area contributed by atoms with Crippen LogP contribution in [-0.2, 0) is 22.6 Å². The molecular weight excluding hydrogens is 417 g/mol. The van der Waals surface area contributed by atoms with Crippen molar-refractivity contribution in [2.24, 2.45) is 0 Å². The van der Waals surface area contributed by atoms with Crippen LogP contribution in [0, 0.1) is 12.7 Å². The summed E-state index contributed by atoms with van der Waals surface area (Å²) in [6.45, 7) is 4.56. The molecule has 0 saturated heterocycles. The Kier molecular flexibility index (Phi) is 7.77. The first-order valence-corrected chi connectivity index (χ1v) is 10.9. The molecule has 0 aliphatic heterocycles. The molecule has 0 aliphatic carbocycles. The number of anilines is 2. The van der Waals surface area contributed by atoms with E-state index in [1.807, 2.05) is 42.7 Å². The van der Waals surface area contributed by atoms with Gasteiger partial charge < -0.3 is 15.2 Å². The molecule has 0 saturated carbocycles. The number of carbonyl (C=O) groups excluding carboxylic acids is 2. The molecule has 0 bridgehead atoms. The molecule has 31 heavy (non-hydrogen) atoms. The first-order valence-electron chi connectivity index (χ1n) is 9.91. The lowest BCUT2D eigenvalue weighted by atomic mass is 10.2. The van der Waals surface area contributed by atoms with E-state index < -0.39 is 0 Å². The maximum absolute atomic E-state index is 13.0. The summed E-state index contributed by atoms with van der Waals surface area (Å²) in [5.41, 5.74) is 2.37. The summed E-state index contributed by atoms with van der Waals surface area (Å²) in [5, 5.41) is 14.6. The Morgan fingerprint density at radius 3 is 2.48 bits per heavy atom. The second-order valence-electron chi connectivity index (χ2n) is 6.90. The van der Waals surface area contributed by atoms with E-state index in [9.17, 15) is 14.0 Å². The molecule has 162 valence electrons. The number of carbonyl (C=O) groups is 2. The lowest BCUT2D eigenvalue weighted by Crippen LogP contribution is -2.15. The Hall–Kier alpha value is -3.20. The number of hydrogen-bond donors (Lipinski definition) is 2. The van der Waals surface area contributed by atoms with Crippen molar-refractivity contribution in [3.63, 3.8) is 0 Å². The Labute approximate surface area is 184 Å². The quantitative estimate of drug-likeness (QED) is 0.489. The van der Waals surface area contributed by atoms with Gasteiger partial charge in [-0.1, -0.05) is 23.9 Å². The minimum atomic E-state index is -0.355. The maximum atomic E-state index is 13.0. The minimum Gasteiger partial charge on any atom is -0.326 e. The predicted octanol–water partition coefficient (Wildman–Crippen LogP) is 4.05. The SMILES string of the molecule is CCn1c(CCC(=O)Nc2ccc(F)cc2)nnc1SCC(=O)Nc1cccc(C)c1. The highest BCUT2D eigenvalue weighted by Gasteiger charge is 2.14. The molecule has 1 heterocycles. The second kappa shape index (κ2) is 10.7. The molecule has 1 aromatic heterocycles. The normalized spacial score (nSPS) is 10.7. The highest BCUT2D eigenvalue weighted by atomic mass is 32.2. The van der Waals surface area contributed by atoms with E-state index in [0.29, 0.717) is 29.6 Å². The van der Waals surface area contributed by atoms with E-state index in [-0.39, 0.29) is 29.8 Å². The van der Waals surface area contributed by atoms with Gasteiger partial charge in [0.2, 0.25) is 11.8 Å². The largest absolute Gasteiger partial charge is 0.326 e. The van der Waals surface area contributed by atoms with Gasteiger partial charge in [-0.3, -0.25) is 9.59 Å². The van der Waals surface area contributed by atoms with Crippen molar-refractivity contribution in [3.8, 4) is 0 Å². The molecule has 0 radical (unpaired) electrons. The van der Waals surface area contributed by atoms with Crippen LogP contribution >= 0.6 is 11.8 Å². The summed E-state index contributed by atoms with van der Waals surface area (Å²) in [6, 6.07) is 13.2. The van der Waals surface area contributed by atoms with E-state index >= 15 is 0 Å². The molecule has 0 aliphatic rings. The summed E-state index contributed by atoms with van der Waals surface area (Å²) in [7, 11) is 0. The van der Waals surface area contributed by atoms with Gasteiger partial charge in [-0.15, -0.1) is 10.2 Å². The number of benzene rings is 2. The summed E-state index contributed by atoms with van der Waals surface area (Å²) in [6.07, 6.45) is 0.623. The zero-order valence-corrected chi connectivity index (χ0v) is 18.2. The van der Waals surface area contributed by atoms with Gasteiger partial charge in [0.1, 0.15) is 11.6 Å². The fourth-order valence-electron chi connectivity index (χ4n) is 2.96. The molecule has 0 unspecified atom stereocenters. The van der Waals surface area contributed by atoms with Crippen LogP contribution < -0.4 is 10.6 Å². The van der Waals surface area contributed by atoms with Crippen LogP contribution in [0.5, 0.6) is 0 Å². The molecular formula is C22H24FN5O2S. The average molecular weight is 442 g/mol. The van der Waals surface area contributed by atoms with Crippen LogP contribution in [0.2, 0.25) is 0 Å². The smallest absolute Gasteiger partial charge is 0.234 e. The Balaban J connectivity index is 1.51. The zero-order valence-electron chi connectivity index (χ0n) is 17.4. The maximum Gasteiger partial charge on any atom is 0.234 e. The summed E-state index contributed by atoms with van der Waals surface area (Å²) < 4.78 is 14.9. The van der Waals surface area contributed by atoms with Crippen LogP contribution in [-0.4, -0.2) is 32.3 Å².